The van der Waals surface area contributed by atoms with Crippen molar-refractivity contribution < 1.29 is 10.2 Å². The van der Waals surface area contributed by atoms with Crippen LogP contribution in [0.2, 0.25) is 0 Å². The first-order valence-corrected chi connectivity index (χ1v) is 11.4. The zero-order valence-corrected chi connectivity index (χ0v) is 17.6. The minimum atomic E-state index is -0.322. The molecule has 154 valence electrons. The third-order valence-corrected chi connectivity index (χ3v) is 9.58. The van der Waals surface area contributed by atoms with Gasteiger partial charge in [0.25, 0.3) is 0 Å². The fraction of sp³-hybridized carbons (Fsp3) is 0.792. The molecule has 8 unspecified atom stereocenters. The highest BCUT2D eigenvalue weighted by Gasteiger charge is 2.61. The molecule has 4 fully saturated rings. The first-order chi connectivity index (χ1) is 13.3. The van der Waals surface area contributed by atoms with Crippen LogP contribution in [-0.4, -0.2) is 32.2 Å². The summed E-state index contributed by atoms with van der Waals surface area (Å²) >= 11 is 0. The average molecular weight is 385 g/mol. The Hall–Kier alpha value is -1.13. The Labute approximate surface area is 169 Å². The van der Waals surface area contributed by atoms with Crippen molar-refractivity contribution in [3.8, 4) is 0 Å². The Kier molecular flexibility index (Phi) is 4.34. The highest BCUT2D eigenvalue weighted by molar-refractivity contribution is 5.54. The highest BCUT2D eigenvalue weighted by Crippen LogP contribution is 2.67. The number of hydrogen-bond acceptors (Lipinski definition) is 3. The number of rotatable bonds is 1. The highest BCUT2D eigenvalue weighted by atomic mass is 16.3. The van der Waals surface area contributed by atoms with E-state index < -0.39 is 0 Å². The van der Waals surface area contributed by atoms with Gasteiger partial charge >= 0.3 is 0 Å². The fourth-order valence-electron chi connectivity index (χ4n) is 7.96. The van der Waals surface area contributed by atoms with Crippen LogP contribution in [0.4, 0.5) is 0 Å². The third kappa shape index (κ3) is 2.67. The van der Waals surface area contributed by atoms with Gasteiger partial charge in [0.15, 0.2) is 0 Å². The smallest absolute Gasteiger partial charge is 0.0809 e. The van der Waals surface area contributed by atoms with Gasteiger partial charge in [0.2, 0.25) is 0 Å². The number of aliphatic hydroxyl groups excluding tert-OH is 2. The average Bonchev–Trinajstić information content (AvgIpc) is 3.18. The summed E-state index contributed by atoms with van der Waals surface area (Å²) < 4.78 is 1.83. The molecule has 0 aliphatic heterocycles. The van der Waals surface area contributed by atoms with Crippen LogP contribution in [0.1, 0.15) is 70.8 Å². The summed E-state index contributed by atoms with van der Waals surface area (Å²) in [5.74, 6) is 2.78. The molecule has 1 aromatic rings. The van der Waals surface area contributed by atoms with Crippen LogP contribution in [-0.2, 0) is 7.05 Å². The summed E-state index contributed by atoms with van der Waals surface area (Å²) in [5, 5.41) is 25.8. The zero-order chi connectivity index (χ0) is 19.7. The zero-order valence-electron chi connectivity index (χ0n) is 17.6. The summed E-state index contributed by atoms with van der Waals surface area (Å²) in [4.78, 5) is 0. The van der Waals surface area contributed by atoms with Crippen LogP contribution in [0.25, 0.3) is 6.08 Å². The normalized spacial score (nSPS) is 49.5. The lowest BCUT2D eigenvalue weighted by Crippen LogP contribution is -2.54. The van der Waals surface area contributed by atoms with Gasteiger partial charge < -0.3 is 10.2 Å². The number of aryl methyl sites for hydroxylation is 1. The molecule has 0 spiro atoms. The van der Waals surface area contributed by atoms with Crippen molar-refractivity contribution in [2.75, 3.05) is 0 Å². The summed E-state index contributed by atoms with van der Waals surface area (Å²) in [6, 6.07) is 0. The van der Waals surface area contributed by atoms with Crippen molar-refractivity contribution >= 4 is 6.08 Å². The van der Waals surface area contributed by atoms with Crippen LogP contribution in [0.15, 0.2) is 18.0 Å². The molecular weight excluding hydrogens is 348 g/mol. The van der Waals surface area contributed by atoms with Crippen LogP contribution in [0.3, 0.4) is 0 Å². The van der Waals surface area contributed by atoms with E-state index in [0.29, 0.717) is 17.3 Å². The molecule has 8 atom stereocenters. The number of aromatic nitrogens is 2. The number of nitrogens with zero attached hydrogens (tertiary/aromatic N) is 2. The maximum atomic E-state index is 11.3. The summed E-state index contributed by atoms with van der Waals surface area (Å²) in [6.07, 6.45) is 14.9. The molecule has 28 heavy (non-hydrogen) atoms. The molecule has 4 heteroatoms. The summed E-state index contributed by atoms with van der Waals surface area (Å²) in [5.41, 5.74) is 2.73. The second-order valence-electron chi connectivity index (χ2n) is 10.9. The van der Waals surface area contributed by atoms with Crippen molar-refractivity contribution in [1.29, 1.82) is 0 Å². The van der Waals surface area contributed by atoms with Gasteiger partial charge in [-0.3, -0.25) is 4.68 Å². The molecule has 4 aliphatic rings. The standard InChI is InChI=1S/C24H36N2O2/c1-23-8-6-18(27)12-17(23)4-5-19-20(23)7-9-24(2)21(19)11-16(22(24)28)10-15-13-25-26(3)14-15/h10,13-14,17-22,27-28H,4-9,11-12H2,1-3H3. The van der Waals surface area contributed by atoms with Gasteiger partial charge in [-0.25, -0.2) is 0 Å². The maximum Gasteiger partial charge on any atom is 0.0809 e. The first kappa shape index (κ1) is 18.9. The van der Waals surface area contributed by atoms with E-state index in [4.69, 9.17) is 0 Å². The Morgan fingerprint density at radius 2 is 1.86 bits per heavy atom. The van der Waals surface area contributed by atoms with E-state index >= 15 is 0 Å². The monoisotopic (exact) mass is 384 g/mol. The predicted molar refractivity (Wildman–Crippen MR) is 110 cm³/mol. The van der Waals surface area contributed by atoms with E-state index in [1.165, 1.54) is 31.3 Å². The number of aliphatic hydroxyl groups is 2. The third-order valence-electron chi connectivity index (χ3n) is 9.58. The van der Waals surface area contributed by atoms with Crippen molar-refractivity contribution in [3.63, 3.8) is 0 Å². The van der Waals surface area contributed by atoms with Crippen LogP contribution < -0.4 is 0 Å². The van der Waals surface area contributed by atoms with Crippen molar-refractivity contribution in [2.45, 2.75) is 77.4 Å². The van der Waals surface area contributed by atoms with Crippen LogP contribution >= 0.6 is 0 Å². The van der Waals surface area contributed by atoms with E-state index in [9.17, 15) is 10.2 Å². The van der Waals surface area contributed by atoms with Crippen molar-refractivity contribution in [2.24, 2.45) is 41.5 Å². The summed E-state index contributed by atoms with van der Waals surface area (Å²) in [6.45, 7) is 4.88. The second-order valence-corrected chi connectivity index (χ2v) is 10.9. The molecule has 0 saturated heterocycles. The number of hydrogen-bond donors (Lipinski definition) is 2. The lowest BCUT2D eigenvalue weighted by atomic mass is 9.45. The van der Waals surface area contributed by atoms with Gasteiger partial charge in [0.1, 0.15) is 0 Å². The van der Waals surface area contributed by atoms with Gasteiger partial charge in [-0.15, -0.1) is 0 Å². The molecule has 1 aromatic heterocycles. The Bertz CT molecular complexity index is 785. The largest absolute Gasteiger partial charge is 0.393 e. The van der Waals surface area contributed by atoms with E-state index in [1.54, 1.807) is 0 Å². The molecule has 0 aromatic carbocycles. The van der Waals surface area contributed by atoms with Gasteiger partial charge in [0.05, 0.1) is 18.4 Å². The topological polar surface area (TPSA) is 58.3 Å². The van der Waals surface area contributed by atoms with Crippen molar-refractivity contribution in [1.82, 2.24) is 9.78 Å². The molecule has 4 nitrogen and oxygen atoms in total. The van der Waals surface area contributed by atoms with Gasteiger partial charge in [-0.1, -0.05) is 19.9 Å². The lowest BCUT2D eigenvalue weighted by molar-refractivity contribution is -0.133. The predicted octanol–water partition coefficient (Wildman–Crippen LogP) is 4.18. The molecule has 2 N–H and O–H groups in total. The fourth-order valence-corrected chi connectivity index (χ4v) is 7.96. The minimum Gasteiger partial charge on any atom is -0.393 e. The SMILES string of the molecule is Cn1cc(C=C2CC3C4CCC5CC(O)CCC5(C)C4CCC3(C)C2O)cn1. The number of fused-ring (bicyclic) bond motifs is 5. The van der Waals surface area contributed by atoms with Crippen LogP contribution in [0, 0.1) is 34.5 Å². The Balaban J connectivity index is 1.44. The van der Waals surface area contributed by atoms with Gasteiger partial charge in [-0.05, 0) is 86.0 Å². The summed E-state index contributed by atoms with van der Waals surface area (Å²) in [7, 11) is 1.94. The van der Waals surface area contributed by atoms with Crippen molar-refractivity contribution in [3.05, 3.63) is 23.5 Å². The first-order valence-electron chi connectivity index (χ1n) is 11.4. The Morgan fingerprint density at radius 1 is 1.07 bits per heavy atom. The molecule has 0 amide bonds. The Morgan fingerprint density at radius 3 is 2.61 bits per heavy atom. The molecule has 0 radical (unpaired) electrons. The molecular formula is C24H36N2O2. The lowest BCUT2D eigenvalue weighted by Gasteiger charge is -2.60. The van der Waals surface area contributed by atoms with E-state index in [-0.39, 0.29) is 17.6 Å². The molecule has 4 aliphatic carbocycles. The van der Waals surface area contributed by atoms with E-state index in [0.717, 1.165) is 43.1 Å². The maximum absolute atomic E-state index is 11.3. The molecule has 4 saturated carbocycles. The quantitative estimate of drug-likeness (QED) is 0.764. The molecule has 0 bridgehead atoms. The molecule has 1 heterocycles. The van der Waals surface area contributed by atoms with E-state index in [1.807, 2.05) is 24.1 Å². The minimum absolute atomic E-state index is 0.0204. The van der Waals surface area contributed by atoms with Crippen LogP contribution in [0.5, 0.6) is 0 Å². The molecule has 5 rings (SSSR count). The van der Waals surface area contributed by atoms with Gasteiger partial charge in [-0.2, -0.15) is 5.10 Å². The second kappa shape index (κ2) is 6.43. The van der Waals surface area contributed by atoms with E-state index in [2.05, 4.69) is 25.0 Å². The van der Waals surface area contributed by atoms with Gasteiger partial charge in [0, 0.05) is 24.2 Å².